The fourth-order valence-electron chi connectivity index (χ4n) is 2.69. The maximum absolute atomic E-state index is 12.6. The third-order valence-electron chi connectivity index (χ3n) is 4.25. The molecule has 0 aliphatic carbocycles. The van der Waals surface area contributed by atoms with Crippen molar-refractivity contribution in [3.63, 3.8) is 0 Å². The number of hydrogen-bond acceptors (Lipinski definition) is 5. The van der Waals surface area contributed by atoms with Gasteiger partial charge in [0.2, 0.25) is 5.75 Å². The van der Waals surface area contributed by atoms with E-state index in [0.29, 0.717) is 13.2 Å². The Kier molecular flexibility index (Phi) is 6.71. The summed E-state index contributed by atoms with van der Waals surface area (Å²) in [4.78, 5) is 16.6. The molecule has 0 saturated carbocycles. The molecule has 0 fully saturated rings. The van der Waals surface area contributed by atoms with E-state index in [1.807, 2.05) is 55.8 Å². The van der Waals surface area contributed by atoms with Crippen molar-refractivity contribution in [1.29, 1.82) is 0 Å². The van der Waals surface area contributed by atoms with Crippen molar-refractivity contribution in [2.45, 2.75) is 46.1 Å². The topological polar surface area (TPSA) is 71.2 Å². The molecule has 0 radical (unpaired) electrons. The van der Waals surface area contributed by atoms with Crippen LogP contribution in [0.15, 0.2) is 54.0 Å². The van der Waals surface area contributed by atoms with E-state index in [-0.39, 0.29) is 22.9 Å². The van der Waals surface area contributed by atoms with Gasteiger partial charge in [-0.2, -0.15) is 5.10 Å². The number of imidazole rings is 1. The molecule has 0 spiro atoms. The first-order valence-corrected chi connectivity index (χ1v) is 9.75. The van der Waals surface area contributed by atoms with Gasteiger partial charge in [0.15, 0.2) is 0 Å². The smallest absolute Gasteiger partial charge is 0.311 e. The van der Waals surface area contributed by atoms with E-state index in [4.69, 9.17) is 21.1 Å². The van der Waals surface area contributed by atoms with Crippen LogP contribution in [0.1, 0.15) is 31.9 Å². The molecule has 3 aromatic rings. The molecule has 0 bridgehead atoms. The third-order valence-corrected chi connectivity index (χ3v) is 4.52. The van der Waals surface area contributed by atoms with Gasteiger partial charge in [-0.15, -0.1) is 0 Å². The van der Waals surface area contributed by atoms with Crippen molar-refractivity contribution in [1.82, 2.24) is 19.3 Å². The summed E-state index contributed by atoms with van der Waals surface area (Å²) in [5.74, 6) is 0.114. The Hall–Kier alpha value is -2.64. The van der Waals surface area contributed by atoms with Crippen LogP contribution in [-0.4, -0.2) is 25.9 Å². The average Bonchev–Trinajstić information content (AvgIpc) is 3.18. The first kappa shape index (κ1) is 21.1. The fraction of sp³-hybridized carbons (Fsp3) is 0.381. The molecule has 2 heterocycles. The average molecular weight is 417 g/mol. The minimum absolute atomic E-state index is 0.114. The van der Waals surface area contributed by atoms with Crippen LogP contribution in [0.5, 0.6) is 5.75 Å². The Balaban J connectivity index is 1.54. The highest BCUT2D eigenvalue weighted by Gasteiger charge is 2.20. The predicted molar refractivity (Wildman–Crippen MR) is 111 cm³/mol. The lowest BCUT2D eigenvalue weighted by atomic mass is 10.1. The molecule has 0 atom stereocenters. The van der Waals surface area contributed by atoms with E-state index < -0.39 is 5.54 Å². The molecule has 154 valence electrons. The van der Waals surface area contributed by atoms with Gasteiger partial charge in [-0.3, -0.25) is 4.79 Å². The van der Waals surface area contributed by atoms with Gasteiger partial charge in [0.05, 0.1) is 31.3 Å². The maximum atomic E-state index is 12.6. The Morgan fingerprint density at radius 2 is 1.79 bits per heavy atom. The van der Waals surface area contributed by atoms with Gasteiger partial charge in [-0.25, -0.2) is 9.67 Å². The molecule has 0 aliphatic rings. The van der Waals surface area contributed by atoms with Crippen molar-refractivity contribution in [2.24, 2.45) is 0 Å². The maximum Gasteiger partial charge on any atom is 0.311 e. The molecule has 0 N–H and O–H groups in total. The van der Waals surface area contributed by atoms with Crippen LogP contribution in [0.2, 0.25) is 5.02 Å². The SMILES string of the molecule is CC(C)(C)n1ncc(Cl)c(OCc2ccc(COCCn3ccnc3)cc2)c1=O. The first-order valence-electron chi connectivity index (χ1n) is 9.37. The van der Waals surface area contributed by atoms with Crippen molar-refractivity contribution >= 4 is 11.6 Å². The fourth-order valence-corrected chi connectivity index (χ4v) is 2.87. The zero-order valence-electron chi connectivity index (χ0n) is 16.8. The molecule has 2 aromatic heterocycles. The highest BCUT2D eigenvalue weighted by Crippen LogP contribution is 2.21. The van der Waals surface area contributed by atoms with Crippen LogP contribution in [0.25, 0.3) is 0 Å². The molecule has 0 aliphatic heterocycles. The minimum atomic E-state index is -0.459. The van der Waals surface area contributed by atoms with Gasteiger partial charge in [0.1, 0.15) is 11.6 Å². The number of nitrogens with zero attached hydrogens (tertiary/aromatic N) is 4. The number of rotatable bonds is 8. The standard InChI is InChI=1S/C21H25ClN4O3/c1-21(2,3)26-20(27)19(18(22)12-24-26)29-14-17-6-4-16(5-7-17)13-28-11-10-25-9-8-23-15-25/h4-9,12,15H,10-11,13-14H2,1-3H3. The Bertz CT molecular complexity index is 977. The van der Waals surface area contributed by atoms with E-state index >= 15 is 0 Å². The van der Waals surface area contributed by atoms with Crippen LogP contribution in [0.4, 0.5) is 0 Å². The van der Waals surface area contributed by atoms with Crippen LogP contribution in [0.3, 0.4) is 0 Å². The highest BCUT2D eigenvalue weighted by molar-refractivity contribution is 6.31. The Morgan fingerprint density at radius 1 is 1.10 bits per heavy atom. The molecule has 0 saturated heterocycles. The van der Waals surface area contributed by atoms with Crippen LogP contribution in [-0.2, 0) is 30.0 Å². The number of aromatic nitrogens is 4. The van der Waals surface area contributed by atoms with E-state index in [1.54, 1.807) is 12.5 Å². The molecule has 29 heavy (non-hydrogen) atoms. The molecule has 8 heteroatoms. The number of benzene rings is 1. The van der Waals surface area contributed by atoms with Gasteiger partial charge >= 0.3 is 5.56 Å². The van der Waals surface area contributed by atoms with Crippen LogP contribution >= 0.6 is 11.6 Å². The van der Waals surface area contributed by atoms with Crippen molar-refractivity contribution in [3.05, 3.63) is 75.7 Å². The second kappa shape index (κ2) is 9.24. The van der Waals surface area contributed by atoms with Crippen LogP contribution < -0.4 is 10.3 Å². The molecule has 3 rings (SSSR count). The van der Waals surface area contributed by atoms with Gasteiger partial charge < -0.3 is 14.0 Å². The number of ether oxygens (including phenoxy) is 2. The van der Waals surface area contributed by atoms with Gasteiger partial charge in [-0.1, -0.05) is 35.9 Å². The Morgan fingerprint density at radius 3 is 2.41 bits per heavy atom. The highest BCUT2D eigenvalue weighted by atomic mass is 35.5. The largest absolute Gasteiger partial charge is 0.482 e. The summed E-state index contributed by atoms with van der Waals surface area (Å²) < 4.78 is 14.8. The second-order valence-corrected chi connectivity index (χ2v) is 8.07. The molecule has 1 aromatic carbocycles. The monoisotopic (exact) mass is 416 g/mol. The zero-order valence-corrected chi connectivity index (χ0v) is 17.6. The summed E-state index contributed by atoms with van der Waals surface area (Å²) >= 11 is 6.13. The number of halogens is 1. The van der Waals surface area contributed by atoms with Gasteiger partial charge in [-0.05, 0) is 31.9 Å². The Labute approximate surface area is 174 Å². The lowest BCUT2D eigenvalue weighted by Crippen LogP contribution is -2.36. The third kappa shape index (κ3) is 5.68. The summed E-state index contributed by atoms with van der Waals surface area (Å²) in [6.07, 6.45) is 6.86. The zero-order chi connectivity index (χ0) is 20.9. The van der Waals surface area contributed by atoms with Gasteiger partial charge in [0.25, 0.3) is 0 Å². The minimum Gasteiger partial charge on any atom is -0.482 e. The van der Waals surface area contributed by atoms with Crippen molar-refractivity contribution < 1.29 is 9.47 Å². The molecule has 0 unspecified atom stereocenters. The van der Waals surface area contributed by atoms with Crippen molar-refractivity contribution in [2.75, 3.05) is 6.61 Å². The summed E-state index contributed by atoms with van der Waals surface area (Å²) in [6, 6.07) is 7.87. The number of hydrogen-bond donors (Lipinski definition) is 0. The lowest BCUT2D eigenvalue weighted by molar-refractivity contribution is 0.113. The van der Waals surface area contributed by atoms with E-state index in [1.165, 1.54) is 10.9 Å². The quantitative estimate of drug-likeness (QED) is 0.524. The van der Waals surface area contributed by atoms with Gasteiger partial charge in [0, 0.05) is 18.9 Å². The van der Waals surface area contributed by atoms with Crippen molar-refractivity contribution in [3.8, 4) is 5.75 Å². The summed E-state index contributed by atoms with van der Waals surface area (Å²) in [5, 5.41) is 4.31. The van der Waals surface area contributed by atoms with E-state index in [2.05, 4.69) is 10.1 Å². The summed E-state index contributed by atoms with van der Waals surface area (Å²) in [5.41, 5.74) is 1.20. The first-order chi connectivity index (χ1) is 13.8. The van der Waals surface area contributed by atoms with E-state index in [9.17, 15) is 4.79 Å². The molecular formula is C21H25ClN4O3. The summed E-state index contributed by atoms with van der Waals surface area (Å²) in [7, 11) is 0. The molecular weight excluding hydrogens is 392 g/mol. The lowest BCUT2D eigenvalue weighted by Gasteiger charge is -2.21. The molecule has 7 nitrogen and oxygen atoms in total. The molecule has 0 amide bonds. The predicted octanol–water partition coefficient (Wildman–Crippen LogP) is 3.64. The van der Waals surface area contributed by atoms with Crippen LogP contribution in [0, 0.1) is 0 Å². The summed E-state index contributed by atoms with van der Waals surface area (Å²) in [6.45, 7) is 7.85. The second-order valence-electron chi connectivity index (χ2n) is 7.67. The van der Waals surface area contributed by atoms with E-state index in [0.717, 1.165) is 17.7 Å². The normalized spacial score (nSPS) is 11.6.